The number of benzene rings is 1. The first-order chi connectivity index (χ1) is 12.5. The van der Waals surface area contributed by atoms with Crippen LogP contribution in [0.2, 0.25) is 0 Å². The van der Waals surface area contributed by atoms with Crippen molar-refractivity contribution in [1.29, 1.82) is 0 Å². The van der Waals surface area contributed by atoms with Gasteiger partial charge >= 0.3 is 5.69 Å². The van der Waals surface area contributed by atoms with E-state index in [1.54, 1.807) is 0 Å². The van der Waals surface area contributed by atoms with Crippen LogP contribution in [-0.2, 0) is 22.8 Å². The number of aromatic nitrogens is 2. The summed E-state index contributed by atoms with van der Waals surface area (Å²) in [5, 5.41) is 29.0. The van der Waals surface area contributed by atoms with Gasteiger partial charge in [-0.15, -0.1) is 0 Å². The van der Waals surface area contributed by atoms with Gasteiger partial charge in [0.1, 0.15) is 25.0 Å². The van der Waals surface area contributed by atoms with Gasteiger partial charge in [0, 0.05) is 12.3 Å². The van der Waals surface area contributed by atoms with Crippen LogP contribution in [0.25, 0.3) is 0 Å². The van der Waals surface area contributed by atoms with Crippen LogP contribution in [0.1, 0.15) is 11.8 Å². The Labute approximate surface area is 148 Å². The summed E-state index contributed by atoms with van der Waals surface area (Å²) in [6, 6.07) is 10.4. The molecule has 0 saturated carbocycles. The number of ether oxygens (including phenoxy) is 2. The number of hydrogen-bond acceptors (Lipinski definition) is 7. The molecule has 0 bridgehead atoms. The highest BCUT2D eigenvalue weighted by Gasteiger charge is 2.43. The van der Waals surface area contributed by atoms with Crippen LogP contribution in [0.4, 0.5) is 0 Å². The Morgan fingerprint density at radius 3 is 2.46 bits per heavy atom. The Bertz CT molecular complexity index is 848. The molecular formula is C17H20N2O7. The first-order valence-electron chi connectivity index (χ1n) is 8.09. The van der Waals surface area contributed by atoms with Crippen molar-refractivity contribution in [2.75, 3.05) is 6.61 Å². The first-order valence-corrected chi connectivity index (χ1v) is 8.09. The van der Waals surface area contributed by atoms with Crippen molar-refractivity contribution in [2.24, 2.45) is 0 Å². The zero-order valence-electron chi connectivity index (χ0n) is 13.8. The molecule has 1 saturated heterocycles. The zero-order chi connectivity index (χ0) is 18.7. The van der Waals surface area contributed by atoms with E-state index in [0.717, 1.165) is 20.8 Å². The van der Waals surface area contributed by atoms with Gasteiger partial charge in [0.05, 0.1) is 13.2 Å². The van der Waals surface area contributed by atoms with E-state index in [1.165, 1.54) is 6.20 Å². The highest BCUT2D eigenvalue weighted by atomic mass is 16.6. The predicted molar refractivity (Wildman–Crippen MR) is 89.2 cm³/mol. The van der Waals surface area contributed by atoms with E-state index in [4.69, 9.17) is 14.6 Å². The van der Waals surface area contributed by atoms with Crippen LogP contribution in [0.5, 0.6) is 0 Å². The minimum Gasteiger partial charge on any atom is -0.394 e. The maximum Gasteiger partial charge on any atom is 0.335 e. The van der Waals surface area contributed by atoms with Gasteiger partial charge in [-0.05, 0) is 5.56 Å². The second kappa shape index (κ2) is 7.94. The summed E-state index contributed by atoms with van der Waals surface area (Å²) in [6.07, 6.45) is -3.81. The molecule has 26 heavy (non-hydrogen) atoms. The minimum absolute atomic E-state index is 0.218. The summed E-state index contributed by atoms with van der Waals surface area (Å²) < 4.78 is 12.6. The second-order valence-electron chi connectivity index (χ2n) is 5.96. The largest absolute Gasteiger partial charge is 0.394 e. The standard InChI is InChI=1S/C17H20N2O7/c20-8-12-14(22)15(23)16(26-12)18-7-6-13(21)19(17(18)24)10-25-9-11-4-2-1-3-5-11/h1-7,12,14-16,20,22-23H,8-10H2/t12-,14+,15?,16-/m1/s1. The number of nitrogens with zero attached hydrogens (tertiary/aromatic N) is 2. The lowest BCUT2D eigenvalue weighted by atomic mass is 10.1. The van der Waals surface area contributed by atoms with Crippen LogP contribution in [-0.4, -0.2) is 49.4 Å². The third-order valence-corrected chi connectivity index (χ3v) is 4.22. The fourth-order valence-electron chi connectivity index (χ4n) is 2.78. The van der Waals surface area contributed by atoms with Crippen molar-refractivity contribution in [3.05, 3.63) is 69.0 Å². The molecule has 2 heterocycles. The summed E-state index contributed by atoms with van der Waals surface area (Å²) in [5.74, 6) is 0. The average Bonchev–Trinajstić information content (AvgIpc) is 2.93. The Morgan fingerprint density at radius 1 is 1.08 bits per heavy atom. The first kappa shape index (κ1) is 18.5. The highest BCUT2D eigenvalue weighted by Crippen LogP contribution is 2.27. The maximum absolute atomic E-state index is 12.6. The highest BCUT2D eigenvalue weighted by molar-refractivity contribution is 5.13. The van der Waals surface area contributed by atoms with Crippen LogP contribution in [0.15, 0.2) is 52.2 Å². The third kappa shape index (κ3) is 3.62. The molecule has 1 aromatic heterocycles. The Balaban J connectivity index is 1.79. The molecule has 9 heteroatoms. The average molecular weight is 364 g/mol. The van der Waals surface area contributed by atoms with E-state index in [1.807, 2.05) is 30.3 Å². The van der Waals surface area contributed by atoms with Crippen LogP contribution in [0.3, 0.4) is 0 Å². The molecule has 1 unspecified atom stereocenters. The van der Waals surface area contributed by atoms with Gasteiger partial charge in [-0.3, -0.25) is 9.36 Å². The van der Waals surface area contributed by atoms with E-state index in [9.17, 15) is 19.8 Å². The Hall–Kier alpha value is -2.30. The molecule has 1 aromatic carbocycles. The van der Waals surface area contributed by atoms with E-state index < -0.39 is 42.4 Å². The van der Waals surface area contributed by atoms with Gasteiger partial charge in [0.15, 0.2) is 6.23 Å². The summed E-state index contributed by atoms with van der Waals surface area (Å²) in [5.41, 5.74) is -0.424. The summed E-state index contributed by atoms with van der Waals surface area (Å²) in [7, 11) is 0. The predicted octanol–water partition coefficient (Wildman–Crippen LogP) is -1.20. The molecule has 3 rings (SSSR count). The van der Waals surface area contributed by atoms with Gasteiger partial charge in [0.2, 0.25) is 0 Å². The van der Waals surface area contributed by atoms with E-state index in [-0.39, 0.29) is 13.3 Å². The van der Waals surface area contributed by atoms with Crippen LogP contribution >= 0.6 is 0 Å². The second-order valence-corrected chi connectivity index (χ2v) is 5.96. The summed E-state index contributed by atoms with van der Waals surface area (Å²) in [6.45, 7) is -0.568. The van der Waals surface area contributed by atoms with Crippen molar-refractivity contribution in [3.63, 3.8) is 0 Å². The fraction of sp³-hybridized carbons (Fsp3) is 0.412. The molecule has 0 spiro atoms. The fourth-order valence-corrected chi connectivity index (χ4v) is 2.78. The molecule has 140 valence electrons. The molecule has 1 aliphatic rings. The quantitative estimate of drug-likeness (QED) is 0.588. The number of hydrogen-bond donors (Lipinski definition) is 3. The topological polar surface area (TPSA) is 123 Å². The van der Waals surface area contributed by atoms with Crippen molar-refractivity contribution in [1.82, 2.24) is 9.13 Å². The van der Waals surface area contributed by atoms with Crippen LogP contribution in [0, 0.1) is 0 Å². The van der Waals surface area contributed by atoms with Gasteiger partial charge in [0.25, 0.3) is 5.56 Å². The molecule has 3 N–H and O–H groups in total. The molecule has 4 atom stereocenters. The molecule has 1 aliphatic heterocycles. The molecule has 0 aliphatic carbocycles. The molecule has 9 nitrogen and oxygen atoms in total. The van der Waals surface area contributed by atoms with Crippen molar-refractivity contribution < 1.29 is 24.8 Å². The molecule has 0 radical (unpaired) electrons. The van der Waals surface area contributed by atoms with Gasteiger partial charge in [-0.1, -0.05) is 30.3 Å². The maximum atomic E-state index is 12.6. The number of aliphatic hydroxyl groups is 3. The third-order valence-electron chi connectivity index (χ3n) is 4.22. The van der Waals surface area contributed by atoms with Gasteiger partial charge in [-0.25, -0.2) is 9.36 Å². The Morgan fingerprint density at radius 2 is 1.81 bits per heavy atom. The monoisotopic (exact) mass is 364 g/mol. The smallest absolute Gasteiger partial charge is 0.335 e. The van der Waals surface area contributed by atoms with Crippen molar-refractivity contribution in [3.8, 4) is 0 Å². The lowest BCUT2D eigenvalue weighted by Crippen LogP contribution is -2.43. The van der Waals surface area contributed by atoms with Crippen molar-refractivity contribution in [2.45, 2.75) is 37.9 Å². The summed E-state index contributed by atoms with van der Waals surface area (Å²) >= 11 is 0. The van der Waals surface area contributed by atoms with Gasteiger partial charge < -0.3 is 24.8 Å². The minimum atomic E-state index is -1.42. The van der Waals surface area contributed by atoms with E-state index in [0.29, 0.717) is 0 Å². The lowest BCUT2D eigenvalue weighted by molar-refractivity contribution is -0.0566. The normalized spacial score (nSPS) is 25.5. The molecule has 1 fully saturated rings. The molecular weight excluding hydrogens is 344 g/mol. The number of rotatable bonds is 6. The summed E-state index contributed by atoms with van der Waals surface area (Å²) in [4.78, 5) is 24.6. The molecule has 2 aromatic rings. The Kier molecular flexibility index (Phi) is 5.64. The van der Waals surface area contributed by atoms with Crippen molar-refractivity contribution >= 4 is 0 Å². The SMILES string of the molecule is O=c1ccn([C@@H]2O[C@H](CO)[C@H](O)C2O)c(=O)n1COCc1ccccc1. The molecule has 0 amide bonds. The zero-order valence-corrected chi connectivity index (χ0v) is 13.8. The number of aliphatic hydroxyl groups excluding tert-OH is 3. The van der Waals surface area contributed by atoms with E-state index in [2.05, 4.69) is 0 Å². The van der Waals surface area contributed by atoms with E-state index >= 15 is 0 Å². The lowest BCUT2D eigenvalue weighted by Gasteiger charge is -2.18. The van der Waals surface area contributed by atoms with Crippen LogP contribution < -0.4 is 11.2 Å². The van der Waals surface area contributed by atoms with Gasteiger partial charge in [-0.2, -0.15) is 0 Å².